The van der Waals surface area contributed by atoms with Gasteiger partial charge in [0.1, 0.15) is 10.9 Å². The highest BCUT2D eigenvalue weighted by molar-refractivity contribution is 9.10. The van der Waals surface area contributed by atoms with Crippen molar-refractivity contribution in [3.05, 3.63) is 98.4 Å². The van der Waals surface area contributed by atoms with E-state index >= 15 is 0 Å². The minimum atomic E-state index is -4.12. The lowest BCUT2D eigenvalue weighted by Crippen LogP contribution is -2.48. The molecule has 5 nitrogen and oxygen atoms in total. The van der Waals surface area contributed by atoms with E-state index in [1.54, 1.807) is 0 Å². The molecular weight excluding hydrogens is 535 g/mol. The van der Waals surface area contributed by atoms with Crippen molar-refractivity contribution in [2.24, 2.45) is 0 Å². The number of nitrogens with one attached hydrogen (secondary N) is 2. The maximum Gasteiger partial charge on any atom is 0.242 e. The summed E-state index contributed by atoms with van der Waals surface area (Å²) >= 11 is 15.5. The summed E-state index contributed by atoms with van der Waals surface area (Å²) in [6, 6.07) is 19.5. The van der Waals surface area contributed by atoms with Crippen molar-refractivity contribution in [2.45, 2.75) is 30.3 Å². The fraction of sp³-hybridized carbons (Fsp3) is 0.174. The smallest absolute Gasteiger partial charge is 0.242 e. The Balaban J connectivity index is 1.86. The van der Waals surface area contributed by atoms with Crippen LogP contribution in [0.3, 0.4) is 0 Å². The van der Waals surface area contributed by atoms with Crippen molar-refractivity contribution in [1.29, 1.82) is 0 Å². The summed E-state index contributed by atoms with van der Waals surface area (Å²) in [6.07, 6.45) is 0.164. The van der Waals surface area contributed by atoms with Crippen LogP contribution in [0.15, 0.2) is 82.2 Å². The van der Waals surface area contributed by atoms with Gasteiger partial charge >= 0.3 is 0 Å². The average molecular weight is 556 g/mol. The Morgan fingerprint density at radius 1 is 1.00 bits per heavy atom. The van der Waals surface area contributed by atoms with Crippen molar-refractivity contribution in [2.75, 3.05) is 0 Å². The molecule has 0 fully saturated rings. The van der Waals surface area contributed by atoms with Gasteiger partial charge in [0, 0.05) is 9.50 Å². The summed E-state index contributed by atoms with van der Waals surface area (Å²) in [5, 5.41) is 3.14. The third-order valence-corrected chi connectivity index (χ3v) is 7.53. The Hall–Kier alpha value is -1.90. The summed E-state index contributed by atoms with van der Waals surface area (Å²) in [7, 11) is -4.12. The molecule has 0 heterocycles. The zero-order valence-electron chi connectivity index (χ0n) is 17.1. The van der Waals surface area contributed by atoms with Crippen LogP contribution in [0.4, 0.5) is 0 Å². The molecule has 0 aliphatic rings. The van der Waals surface area contributed by atoms with E-state index in [4.69, 9.17) is 23.2 Å². The van der Waals surface area contributed by atoms with E-state index in [-0.39, 0.29) is 27.4 Å². The molecule has 0 saturated heterocycles. The minimum absolute atomic E-state index is 0.0176. The molecule has 0 bridgehead atoms. The van der Waals surface area contributed by atoms with Crippen LogP contribution in [0.1, 0.15) is 24.1 Å². The van der Waals surface area contributed by atoms with E-state index < -0.39 is 22.0 Å². The van der Waals surface area contributed by atoms with Gasteiger partial charge in [0.25, 0.3) is 0 Å². The minimum Gasteiger partial charge on any atom is -0.348 e. The molecule has 0 saturated carbocycles. The van der Waals surface area contributed by atoms with E-state index in [9.17, 15) is 13.2 Å². The first kappa shape index (κ1) is 24.7. The first-order chi connectivity index (χ1) is 15.2. The highest BCUT2D eigenvalue weighted by Crippen LogP contribution is 2.25. The molecule has 3 aromatic rings. The van der Waals surface area contributed by atoms with Crippen LogP contribution in [0, 0.1) is 0 Å². The van der Waals surface area contributed by atoms with Crippen molar-refractivity contribution in [3.8, 4) is 0 Å². The van der Waals surface area contributed by atoms with Crippen LogP contribution in [0.5, 0.6) is 0 Å². The normalized spacial score (nSPS) is 13.4. The van der Waals surface area contributed by atoms with Gasteiger partial charge in [0.2, 0.25) is 15.9 Å². The van der Waals surface area contributed by atoms with Crippen molar-refractivity contribution >= 4 is 55.1 Å². The van der Waals surface area contributed by atoms with Gasteiger partial charge in [-0.3, -0.25) is 4.79 Å². The number of carbonyl (C=O) groups excluding carboxylic acids is 1. The van der Waals surface area contributed by atoms with Crippen LogP contribution < -0.4 is 10.0 Å². The fourth-order valence-corrected chi connectivity index (χ4v) is 5.34. The first-order valence-electron chi connectivity index (χ1n) is 9.73. The Bertz CT molecular complexity index is 1190. The summed E-state index contributed by atoms with van der Waals surface area (Å²) in [6.45, 7) is 1.84. The largest absolute Gasteiger partial charge is 0.348 e. The van der Waals surface area contributed by atoms with Crippen LogP contribution in [-0.2, 0) is 21.2 Å². The average Bonchev–Trinajstić information content (AvgIpc) is 2.76. The number of hydrogen-bond donors (Lipinski definition) is 2. The molecule has 0 unspecified atom stereocenters. The lowest BCUT2D eigenvalue weighted by Gasteiger charge is -2.22. The van der Waals surface area contributed by atoms with Crippen LogP contribution >= 0.6 is 39.1 Å². The van der Waals surface area contributed by atoms with E-state index in [1.165, 1.54) is 18.2 Å². The second-order valence-electron chi connectivity index (χ2n) is 7.22. The number of hydrogen-bond acceptors (Lipinski definition) is 3. The summed E-state index contributed by atoms with van der Waals surface area (Å²) in [5.74, 6) is -0.453. The lowest BCUT2D eigenvalue weighted by molar-refractivity contribution is -0.123. The van der Waals surface area contributed by atoms with E-state index in [1.807, 2.05) is 61.5 Å². The van der Waals surface area contributed by atoms with E-state index in [0.717, 1.165) is 15.6 Å². The van der Waals surface area contributed by atoms with Gasteiger partial charge in [0.05, 0.1) is 11.1 Å². The Morgan fingerprint density at radius 3 is 2.31 bits per heavy atom. The summed E-state index contributed by atoms with van der Waals surface area (Å²) in [5.41, 5.74) is 1.70. The van der Waals surface area contributed by atoms with Crippen molar-refractivity contribution < 1.29 is 13.2 Å². The second kappa shape index (κ2) is 10.8. The monoisotopic (exact) mass is 554 g/mol. The van der Waals surface area contributed by atoms with Gasteiger partial charge in [-0.2, -0.15) is 4.72 Å². The van der Waals surface area contributed by atoms with Crippen molar-refractivity contribution in [3.63, 3.8) is 0 Å². The molecule has 32 heavy (non-hydrogen) atoms. The van der Waals surface area contributed by atoms with Crippen LogP contribution in [0.2, 0.25) is 10.0 Å². The first-order valence-corrected chi connectivity index (χ1v) is 12.8. The Morgan fingerprint density at radius 2 is 1.66 bits per heavy atom. The molecule has 3 rings (SSSR count). The molecule has 0 spiro atoms. The summed E-state index contributed by atoms with van der Waals surface area (Å²) < 4.78 is 29.6. The van der Waals surface area contributed by atoms with Gasteiger partial charge in [-0.1, -0.05) is 81.6 Å². The van der Waals surface area contributed by atoms with Gasteiger partial charge in [-0.25, -0.2) is 8.42 Å². The maximum atomic E-state index is 13.2. The topological polar surface area (TPSA) is 75.3 Å². The number of rotatable bonds is 8. The molecule has 9 heteroatoms. The molecule has 0 radical (unpaired) electrons. The number of carbonyl (C=O) groups is 1. The van der Waals surface area contributed by atoms with Gasteiger partial charge in [0.15, 0.2) is 0 Å². The highest BCUT2D eigenvalue weighted by atomic mass is 79.9. The number of sulfonamides is 1. The molecule has 3 aromatic carbocycles. The molecular formula is C23H21BrCl2N2O3S. The standard InChI is InChI=1S/C23H21BrCl2N2O3S/c1-15(17-7-9-18(24)10-8-17)27-23(29)21(13-16-5-3-2-4-6-16)28-32(30,31)22-14-19(25)11-12-20(22)26/h2-12,14-15,21,28H,13H2,1H3,(H,27,29)/t15-,21-/m1/s1. The van der Waals surface area contributed by atoms with Crippen LogP contribution in [-0.4, -0.2) is 20.4 Å². The van der Waals surface area contributed by atoms with E-state index in [0.29, 0.717) is 0 Å². The Kier molecular flexibility index (Phi) is 8.36. The fourth-order valence-electron chi connectivity index (χ4n) is 3.12. The third-order valence-electron chi connectivity index (χ3n) is 4.81. The maximum absolute atomic E-state index is 13.2. The number of halogens is 3. The molecule has 0 aliphatic heterocycles. The molecule has 0 aromatic heterocycles. The Labute approximate surface area is 206 Å². The SMILES string of the molecule is C[C@@H](NC(=O)[C@@H](Cc1ccccc1)NS(=O)(=O)c1cc(Cl)ccc1Cl)c1ccc(Br)cc1. The number of amides is 1. The highest BCUT2D eigenvalue weighted by Gasteiger charge is 2.28. The predicted octanol–water partition coefficient (Wildman–Crippen LogP) is 5.52. The van der Waals surface area contributed by atoms with Gasteiger partial charge in [-0.05, 0) is 54.8 Å². The zero-order chi connectivity index (χ0) is 23.3. The molecule has 0 aliphatic carbocycles. The van der Waals surface area contributed by atoms with Crippen molar-refractivity contribution in [1.82, 2.24) is 10.0 Å². The molecule has 168 valence electrons. The van der Waals surface area contributed by atoms with E-state index in [2.05, 4.69) is 26.0 Å². The molecule has 1 amide bonds. The third kappa shape index (κ3) is 6.56. The van der Waals surface area contributed by atoms with Gasteiger partial charge in [-0.15, -0.1) is 0 Å². The number of benzene rings is 3. The molecule has 2 atom stereocenters. The second-order valence-corrected chi connectivity index (χ2v) is 10.7. The zero-order valence-corrected chi connectivity index (χ0v) is 21.0. The van der Waals surface area contributed by atoms with Gasteiger partial charge < -0.3 is 5.32 Å². The summed E-state index contributed by atoms with van der Waals surface area (Å²) in [4.78, 5) is 13.0. The molecule has 2 N–H and O–H groups in total. The lowest BCUT2D eigenvalue weighted by atomic mass is 10.0. The van der Waals surface area contributed by atoms with Crippen LogP contribution in [0.25, 0.3) is 0 Å². The predicted molar refractivity (Wildman–Crippen MR) is 131 cm³/mol. The quantitative estimate of drug-likeness (QED) is 0.384.